The Morgan fingerprint density at radius 2 is 1.81 bits per heavy atom. The number of halogens is 3. The maximum atomic E-state index is 13.2. The monoisotopic (exact) mass is 404 g/mol. The van der Waals surface area contributed by atoms with Crippen LogP contribution in [-0.2, 0) is 16.0 Å². The van der Waals surface area contributed by atoms with Gasteiger partial charge in [-0.25, -0.2) is 8.42 Å². The van der Waals surface area contributed by atoms with Gasteiger partial charge in [-0.2, -0.15) is 13.2 Å². The highest BCUT2D eigenvalue weighted by Crippen LogP contribution is 2.35. The molecule has 146 valence electrons. The van der Waals surface area contributed by atoms with Crippen molar-refractivity contribution in [2.45, 2.75) is 6.18 Å². The van der Waals surface area contributed by atoms with Gasteiger partial charge in [-0.3, -0.25) is 9.59 Å². The SMILES string of the molecule is CS(=O)(=O)CCOc1ccc(-c2cc(C(N)=O)c(=O)[nH]c2C(F)(F)F)cc1. The molecule has 0 aliphatic heterocycles. The first-order chi connectivity index (χ1) is 12.4. The van der Waals surface area contributed by atoms with Crippen LogP contribution in [0.1, 0.15) is 16.1 Å². The van der Waals surface area contributed by atoms with Crippen LogP contribution in [0.3, 0.4) is 0 Å². The highest BCUT2D eigenvalue weighted by atomic mass is 32.2. The van der Waals surface area contributed by atoms with Crippen molar-refractivity contribution in [3.63, 3.8) is 0 Å². The molecule has 11 heteroatoms. The number of pyridine rings is 1. The Kier molecular flexibility index (Phi) is 5.64. The minimum atomic E-state index is -4.87. The number of nitrogens with two attached hydrogens (primary N) is 1. The Hall–Kier alpha value is -2.82. The molecule has 27 heavy (non-hydrogen) atoms. The molecule has 2 aromatic rings. The number of ether oxygens (including phenoxy) is 1. The summed E-state index contributed by atoms with van der Waals surface area (Å²) >= 11 is 0. The first-order valence-corrected chi connectivity index (χ1v) is 9.50. The highest BCUT2D eigenvalue weighted by molar-refractivity contribution is 7.90. The third-order valence-electron chi connectivity index (χ3n) is 3.48. The van der Waals surface area contributed by atoms with E-state index in [0.717, 1.165) is 12.3 Å². The van der Waals surface area contributed by atoms with Crippen LogP contribution < -0.4 is 16.0 Å². The van der Waals surface area contributed by atoms with Gasteiger partial charge in [0.2, 0.25) is 0 Å². The van der Waals surface area contributed by atoms with E-state index in [1.54, 1.807) is 4.98 Å². The number of aromatic amines is 1. The molecule has 0 aliphatic rings. The fourth-order valence-electron chi connectivity index (χ4n) is 2.21. The number of carbonyl (C=O) groups excluding carboxylic acids is 1. The topological polar surface area (TPSA) is 119 Å². The summed E-state index contributed by atoms with van der Waals surface area (Å²) in [5.74, 6) is -1.13. The number of nitrogens with one attached hydrogen (secondary N) is 1. The summed E-state index contributed by atoms with van der Waals surface area (Å²) in [6, 6.07) is 6.02. The van der Waals surface area contributed by atoms with E-state index >= 15 is 0 Å². The number of hydrogen-bond donors (Lipinski definition) is 2. The first-order valence-electron chi connectivity index (χ1n) is 7.44. The lowest BCUT2D eigenvalue weighted by Crippen LogP contribution is -2.27. The Morgan fingerprint density at radius 3 is 2.30 bits per heavy atom. The average Bonchev–Trinajstić information content (AvgIpc) is 2.53. The van der Waals surface area contributed by atoms with E-state index in [4.69, 9.17) is 10.5 Å². The number of aromatic nitrogens is 1. The van der Waals surface area contributed by atoms with Gasteiger partial charge >= 0.3 is 6.18 Å². The van der Waals surface area contributed by atoms with Gasteiger partial charge in [-0.05, 0) is 23.8 Å². The van der Waals surface area contributed by atoms with Gasteiger partial charge in [0.25, 0.3) is 11.5 Å². The number of primary amides is 1. The Labute approximate surface area is 151 Å². The molecule has 1 aromatic carbocycles. The summed E-state index contributed by atoms with van der Waals surface area (Å²) < 4.78 is 67.0. The van der Waals surface area contributed by atoms with Crippen LogP contribution in [0.2, 0.25) is 0 Å². The molecule has 0 spiro atoms. The zero-order valence-corrected chi connectivity index (χ0v) is 14.8. The van der Waals surface area contributed by atoms with Crippen LogP contribution in [0.5, 0.6) is 5.75 Å². The molecule has 7 nitrogen and oxygen atoms in total. The Balaban J connectivity index is 2.40. The third kappa shape index (κ3) is 5.33. The molecule has 0 saturated carbocycles. The van der Waals surface area contributed by atoms with Gasteiger partial charge in [-0.15, -0.1) is 0 Å². The smallest absolute Gasteiger partial charge is 0.431 e. The lowest BCUT2D eigenvalue weighted by molar-refractivity contribution is -0.140. The van der Waals surface area contributed by atoms with Crippen LogP contribution >= 0.6 is 0 Å². The molecule has 0 aliphatic carbocycles. The van der Waals surface area contributed by atoms with E-state index in [1.807, 2.05) is 0 Å². The molecule has 0 unspecified atom stereocenters. The predicted molar refractivity (Wildman–Crippen MR) is 91.2 cm³/mol. The second-order valence-electron chi connectivity index (χ2n) is 5.67. The standard InChI is InChI=1S/C16H15F3N2O5S/c1-27(24,25)7-6-26-10-4-2-9(3-5-10)11-8-12(14(20)22)15(23)21-13(11)16(17,18)19/h2-5,8H,6-7H2,1H3,(H2,20,22)(H,21,23). The summed E-state index contributed by atoms with van der Waals surface area (Å²) in [5, 5.41) is 0. The molecule has 1 aromatic heterocycles. The van der Waals surface area contributed by atoms with Gasteiger partial charge in [0.1, 0.15) is 23.6 Å². The number of sulfone groups is 1. The zero-order valence-electron chi connectivity index (χ0n) is 14.0. The molecule has 0 atom stereocenters. The van der Waals surface area contributed by atoms with Crippen molar-refractivity contribution >= 4 is 15.7 Å². The summed E-state index contributed by atoms with van der Waals surface area (Å²) in [6.07, 6.45) is -3.82. The molecule has 0 fully saturated rings. The number of carbonyl (C=O) groups is 1. The van der Waals surface area contributed by atoms with E-state index in [9.17, 15) is 31.2 Å². The zero-order chi connectivity index (χ0) is 20.4. The molecular formula is C16H15F3N2O5S. The predicted octanol–water partition coefficient (Wildman–Crippen LogP) is 1.58. The average molecular weight is 404 g/mol. The molecule has 0 radical (unpaired) electrons. The molecule has 1 amide bonds. The molecule has 0 bridgehead atoms. The molecule has 0 saturated heterocycles. The van der Waals surface area contributed by atoms with E-state index in [0.29, 0.717) is 0 Å². The van der Waals surface area contributed by atoms with Crippen molar-refractivity contribution in [3.05, 3.63) is 51.9 Å². The number of amides is 1. The maximum Gasteiger partial charge on any atom is 0.431 e. The molecule has 1 heterocycles. The number of alkyl halides is 3. The summed E-state index contributed by atoms with van der Waals surface area (Å²) in [5.41, 5.74) is 1.49. The summed E-state index contributed by atoms with van der Waals surface area (Å²) in [6.45, 7) is -0.115. The van der Waals surface area contributed by atoms with E-state index in [2.05, 4.69) is 0 Å². The minimum Gasteiger partial charge on any atom is -0.493 e. The first kappa shape index (κ1) is 20.5. The van der Waals surface area contributed by atoms with Gasteiger partial charge in [0.05, 0.1) is 5.75 Å². The second-order valence-corrected chi connectivity index (χ2v) is 7.93. The minimum absolute atomic E-state index is 0.0524. The summed E-state index contributed by atoms with van der Waals surface area (Å²) in [4.78, 5) is 24.6. The molecular weight excluding hydrogens is 389 g/mol. The van der Waals surface area contributed by atoms with Gasteiger partial charge < -0.3 is 15.5 Å². The number of H-pyrrole nitrogens is 1. The van der Waals surface area contributed by atoms with Crippen molar-refractivity contribution in [1.82, 2.24) is 4.98 Å². The van der Waals surface area contributed by atoms with Gasteiger partial charge in [0, 0.05) is 11.8 Å². The fraction of sp³-hybridized carbons (Fsp3) is 0.250. The quantitative estimate of drug-likeness (QED) is 0.758. The van der Waals surface area contributed by atoms with E-state index in [1.165, 1.54) is 24.3 Å². The van der Waals surface area contributed by atoms with Gasteiger partial charge in [-0.1, -0.05) is 12.1 Å². The van der Waals surface area contributed by atoms with Crippen molar-refractivity contribution in [3.8, 4) is 16.9 Å². The van der Waals surface area contributed by atoms with E-state index in [-0.39, 0.29) is 23.7 Å². The van der Waals surface area contributed by atoms with Crippen LogP contribution in [0.25, 0.3) is 11.1 Å². The highest BCUT2D eigenvalue weighted by Gasteiger charge is 2.36. The van der Waals surface area contributed by atoms with Crippen LogP contribution in [-0.4, -0.2) is 37.9 Å². The normalized spacial score (nSPS) is 12.0. The Bertz CT molecular complexity index is 1010. The number of benzene rings is 1. The Morgan fingerprint density at radius 1 is 1.22 bits per heavy atom. The van der Waals surface area contributed by atoms with Crippen LogP contribution in [0.4, 0.5) is 13.2 Å². The lowest BCUT2D eigenvalue weighted by Gasteiger charge is -2.14. The maximum absolute atomic E-state index is 13.2. The molecule has 3 N–H and O–H groups in total. The van der Waals surface area contributed by atoms with Crippen molar-refractivity contribution in [2.24, 2.45) is 5.73 Å². The number of rotatable bonds is 6. The molecule has 2 rings (SSSR count). The van der Waals surface area contributed by atoms with Crippen LogP contribution in [0, 0.1) is 0 Å². The van der Waals surface area contributed by atoms with Crippen molar-refractivity contribution in [2.75, 3.05) is 18.6 Å². The second kappa shape index (κ2) is 7.43. The lowest BCUT2D eigenvalue weighted by atomic mass is 10.0. The third-order valence-corrected chi connectivity index (χ3v) is 4.39. The van der Waals surface area contributed by atoms with Crippen LogP contribution in [0.15, 0.2) is 35.1 Å². The summed E-state index contributed by atoms with van der Waals surface area (Å²) in [7, 11) is -3.21. The van der Waals surface area contributed by atoms with Crippen molar-refractivity contribution < 1.29 is 31.1 Å². The van der Waals surface area contributed by atoms with Gasteiger partial charge in [0.15, 0.2) is 9.84 Å². The fourth-order valence-corrected chi connectivity index (χ4v) is 2.59. The van der Waals surface area contributed by atoms with E-state index < -0.39 is 44.3 Å². The van der Waals surface area contributed by atoms with Crippen molar-refractivity contribution in [1.29, 1.82) is 0 Å². The largest absolute Gasteiger partial charge is 0.493 e. The number of hydrogen-bond acceptors (Lipinski definition) is 5.